The maximum Gasteiger partial charge on any atom is 0.238 e. The van der Waals surface area contributed by atoms with Gasteiger partial charge >= 0.3 is 0 Å². The number of nitrogens with zero attached hydrogens (tertiary/aromatic N) is 6. The van der Waals surface area contributed by atoms with Crippen molar-refractivity contribution >= 4 is 121 Å². The van der Waals surface area contributed by atoms with Crippen LogP contribution in [0.1, 0.15) is 30.5 Å². The van der Waals surface area contributed by atoms with Crippen LogP contribution in [0.15, 0.2) is 273 Å². The molecule has 5 aromatic heterocycles. The molecule has 8 heteroatoms. The average molecular weight is 1110 g/mol. The molecule has 0 amide bonds. The Bertz CT molecular complexity index is 5160. The van der Waals surface area contributed by atoms with E-state index in [1.807, 2.05) is 0 Å². The van der Waals surface area contributed by atoms with Gasteiger partial charge in [-0.05, 0) is 111 Å². The fraction of sp³-hybridized carbons (Fsp3) is 0.0395. The van der Waals surface area contributed by atoms with Gasteiger partial charge in [0.1, 0.15) is 0 Å². The normalized spacial score (nSPS) is 13.6. The molecule has 0 saturated carbocycles. The third-order valence-electron chi connectivity index (χ3n) is 17.7. The standard InChI is InChI=1S/C76H52N6SSi/c1-49-21-19-37-70-72(49)61-31-13-17-36-67(61)81(70)52-42-46-69-64(48-52)63-47-51(80-65-34-15-11-28-57(65)58-29-12-16-35-66(58)80)41-45-68(63)82(69)76-78-74(77-75(79-76)62-33-20-32-60-59-30-14-18-38-71(59)83-73(60)62)50-39-43-56(44-40-50)84(53-22-5-2-6-23-53,54-24-7-3-8-25-54)55-26-9-4-10-27-55/h2-20,22-49H,21H2,1H3. The monoisotopic (exact) mass is 1110 g/mol. The number of para-hydroxylation sites is 3. The van der Waals surface area contributed by atoms with Crippen LogP contribution in [0.5, 0.6) is 0 Å². The average Bonchev–Trinajstić information content (AvgIpc) is 2.82. The molecule has 0 bridgehead atoms. The number of aromatic nitrogens is 6. The third kappa shape index (κ3) is 7.30. The van der Waals surface area contributed by atoms with Gasteiger partial charge in [-0.2, -0.15) is 9.97 Å². The third-order valence-corrected chi connectivity index (χ3v) is 23.7. The van der Waals surface area contributed by atoms with Crippen molar-refractivity contribution in [2.45, 2.75) is 19.3 Å². The summed E-state index contributed by atoms with van der Waals surface area (Å²) in [5, 5.41) is 13.6. The molecule has 5 heterocycles. The zero-order valence-corrected chi connectivity index (χ0v) is 47.8. The summed E-state index contributed by atoms with van der Waals surface area (Å²) in [6.07, 6.45) is 5.68. The van der Waals surface area contributed by atoms with E-state index in [-0.39, 0.29) is 0 Å². The Kier molecular flexibility index (Phi) is 11.1. The van der Waals surface area contributed by atoms with Gasteiger partial charge in [0.15, 0.2) is 19.7 Å². The van der Waals surface area contributed by atoms with Crippen molar-refractivity contribution in [3.05, 3.63) is 284 Å². The molecule has 0 aliphatic heterocycles. The highest BCUT2D eigenvalue weighted by molar-refractivity contribution is 7.26. The van der Waals surface area contributed by atoms with Gasteiger partial charge in [-0.25, -0.2) is 4.98 Å². The van der Waals surface area contributed by atoms with E-state index in [0.717, 1.165) is 55.4 Å². The fourth-order valence-corrected chi connectivity index (χ4v) is 20.0. The number of rotatable bonds is 9. The molecule has 6 nitrogen and oxygen atoms in total. The predicted octanol–water partition coefficient (Wildman–Crippen LogP) is 16.6. The fourth-order valence-electron chi connectivity index (χ4n) is 14.0. The summed E-state index contributed by atoms with van der Waals surface area (Å²) in [5.41, 5.74) is 12.3. The van der Waals surface area contributed by atoms with E-state index in [1.165, 1.54) is 80.2 Å². The molecule has 1 aliphatic carbocycles. The van der Waals surface area contributed by atoms with Crippen molar-refractivity contribution in [3.63, 3.8) is 0 Å². The summed E-state index contributed by atoms with van der Waals surface area (Å²) in [4.78, 5) is 16.8. The molecule has 11 aromatic carbocycles. The first-order valence-corrected chi connectivity index (χ1v) is 31.7. The highest BCUT2D eigenvalue weighted by atomic mass is 32.1. The van der Waals surface area contributed by atoms with E-state index >= 15 is 0 Å². The molecule has 0 fully saturated rings. The summed E-state index contributed by atoms with van der Waals surface area (Å²) >= 11 is 1.79. The van der Waals surface area contributed by atoms with E-state index in [0.29, 0.717) is 23.5 Å². The molecule has 0 radical (unpaired) electrons. The van der Waals surface area contributed by atoms with Crippen LogP contribution in [0.4, 0.5) is 0 Å². The second kappa shape index (κ2) is 19.2. The lowest BCUT2D eigenvalue weighted by atomic mass is 9.91. The summed E-state index contributed by atoms with van der Waals surface area (Å²) in [6, 6.07) is 97.9. The van der Waals surface area contributed by atoms with E-state index in [4.69, 9.17) is 15.0 Å². The lowest BCUT2D eigenvalue weighted by Gasteiger charge is -2.34. The van der Waals surface area contributed by atoms with Crippen LogP contribution >= 0.6 is 11.3 Å². The van der Waals surface area contributed by atoms with Crippen molar-refractivity contribution in [1.29, 1.82) is 0 Å². The maximum absolute atomic E-state index is 5.64. The zero-order chi connectivity index (χ0) is 55.5. The lowest BCUT2D eigenvalue weighted by molar-refractivity contribution is 0.773. The Morgan fingerprint density at radius 3 is 1.50 bits per heavy atom. The second-order valence-corrected chi connectivity index (χ2v) is 27.1. The first kappa shape index (κ1) is 48.5. The molecule has 1 unspecified atom stereocenters. The van der Waals surface area contributed by atoms with Crippen LogP contribution in [0.2, 0.25) is 0 Å². The Morgan fingerprint density at radius 1 is 0.393 bits per heavy atom. The molecule has 0 spiro atoms. The second-order valence-electron chi connectivity index (χ2n) is 22.3. The van der Waals surface area contributed by atoms with Crippen molar-refractivity contribution in [1.82, 2.24) is 28.7 Å². The quantitative estimate of drug-likeness (QED) is 0.107. The van der Waals surface area contributed by atoms with Crippen LogP contribution in [0, 0.1) is 0 Å². The summed E-state index contributed by atoms with van der Waals surface area (Å²) in [5.74, 6) is 2.18. The van der Waals surface area contributed by atoms with E-state index in [2.05, 4.69) is 300 Å². The lowest BCUT2D eigenvalue weighted by Crippen LogP contribution is -2.74. The molecule has 1 aliphatic rings. The van der Waals surface area contributed by atoms with E-state index < -0.39 is 8.07 Å². The molecule has 396 valence electrons. The van der Waals surface area contributed by atoms with Gasteiger partial charge in [-0.3, -0.25) is 4.57 Å². The molecular weight excluding hydrogens is 1060 g/mol. The minimum Gasteiger partial charge on any atom is -0.310 e. The predicted molar refractivity (Wildman–Crippen MR) is 355 cm³/mol. The summed E-state index contributed by atoms with van der Waals surface area (Å²) in [7, 11) is -2.82. The Hall–Kier alpha value is -10.3. The van der Waals surface area contributed by atoms with Gasteiger partial charge in [0.2, 0.25) is 5.95 Å². The van der Waals surface area contributed by atoms with Crippen molar-refractivity contribution < 1.29 is 0 Å². The molecule has 16 aromatic rings. The Balaban J connectivity index is 0.926. The number of hydrogen-bond acceptors (Lipinski definition) is 4. The maximum atomic E-state index is 5.64. The SMILES string of the molecule is CC1CC=Cc2c1c1ccccc1n2-c1ccc2c(c1)c1cc(-n3c4ccccc4c4ccccc43)ccc1n2-c1nc(-c2ccc([Si](c3ccccc3)(c3ccccc3)c3ccccc3)cc2)nc(-c2cccc3c2sc2ccccc23)n1. The minimum atomic E-state index is -2.82. The first-order chi connectivity index (χ1) is 41.6. The van der Waals surface area contributed by atoms with Gasteiger partial charge in [0, 0.05) is 75.3 Å². The molecular formula is C76H52N6SSi. The topological polar surface area (TPSA) is 53.5 Å². The highest BCUT2D eigenvalue weighted by Gasteiger charge is 2.41. The molecule has 84 heavy (non-hydrogen) atoms. The van der Waals surface area contributed by atoms with Crippen molar-refractivity contribution in [2.75, 3.05) is 0 Å². The van der Waals surface area contributed by atoms with Crippen molar-refractivity contribution in [3.8, 4) is 40.1 Å². The van der Waals surface area contributed by atoms with Gasteiger partial charge < -0.3 is 9.13 Å². The molecule has 17 rings (SSSR count). The van der Waals surface area contributed by atoms with Crippen LogP contribution in [-0.4, -0.2) is 36.7 Å². The van der Waals surface area contributed by atoms with Crippen molar-refractivity contribution in [2.24, 2.45) is 0 Å². The van der Waals surface area contributed by atoms with E-state index in [1.54, 1.807) is 11.3 Å². The van der Waals surface area contributed by atoms with Gasteiger partial charge in [0.05, 0.1) is 27.6 Å². The highest BCUT2D eigenvalue weighted by Crippen LogP contribution is 2.44. The summed E-state index contributed by atoms with van der Waals surface area (Å²) < 4.78 is 9.54. The number of thiophene rings is 1. The first-order valence-electron chi connectivity index (χ1n) is 28.9. The molecule has 1 atom stereocenters. The number of benzene rings is 11. The van der Waals surface area contributed by atoms with Crippen LogP contribution < -0.4 is 20.7 Å². The number of fused-ring (bicyclic) bond motifs is 12. The largest absolute Gasteiger partial charge is 0.310 e. The van der Waals surface area contributed by atoms with Gasteiger partial charge in [-0.15, -0.1) is 11.3 Å². The zero-order valence-electron chi connectivity index (χ0n) is 45.9. The van der Waals surface area contributed by atoms with E-state index in [9.17, 15) is 0 Å². The van der Waals surface area contributed by atoms with Crippen LogP contribution in [0.3, 0.4) is 0 Å². The summed E-state index contributed by atoms with van der Waals surface area (Å²) in [6.45, 7) is 2.36. The number of allylic oxidation sites excluding steroid dienone is 1. The number of hydrogen-bond donors (Lipinski definition) is 0. The van der Waals surface area contributed by atoms with Gasteiger partial charge in [-0.1, -0.05) is 213 Å². The minimum absolute atomic E-state index is 0.402. The van der Waals surface area contributed by atoms with Crippen LogP contribution in [0.25, 0.3) is 121 Å². The molecule has 0 saturated heterocycles. The smallest absolute Gasteiger partial charge is 0.238 e. The Labute approximate surface area is 490 Å². The van der Waals surface area contributed by atoms with Gasteiger partial charge in [0.25, 0.3) is 0 Å². The Morgan fingerprint density at radius 2 is 0.881 bits per heavy atom. The van der Waals surface area contributed by atoms with Crippen LogP contribution in [-0.2, 0) is 0 Å². The molecule has 0 N–H and O–H groups in total.